The summed E-state index contributed by atoms with van der Waals surface area (Å²) < 4.78 is 0. The summed E-state index contributed by atoms with van der Waals surface area (Å²) in [5.74, 6) is 0.114. The maximum absolute atomic E-state index is 9.44. The SMILES string of the molecule is CC(Cc1ccc(O)cc1)NCCc1ccc(O)c(O)c1.Cl. The maximum Gasteiger partial charge on any atom is 0.157 e. The molecule has 0 saturated carbocycles. The number of halogens is 1. The zero-order valence-electron chi connectivity index (χ0n) is 12.5. The molecule has 0 aliphatic heterocycles. The molecule has 22 heavy (non-hydrogen) atoms. The van der Waals surface area contributed by atoms with E-state index in [4.69, 9.17) is 0 Å². The third-order valence-corrected chi connectivity index (χ3v) is 3.42. The van der Waals surface area contributed by atoms with Crippen molar-refractivity contribution < 1.29 is 15.3 Å². The van der Waals surface area contributed by atoms with Crippen LogP contribution in [-0.2, 0) is 12.8 Å². The summed E-state index contributed by atoms with van der Waals surface area (Å²) in [4.78, 5) is 0. The van der Waals surface area contributed by atoms with Gasteiger partial charge in [0.25, 0.3) is 0 Å². The number of rotatable bonds is 6. The van der Waals surface area contributed by atoms with Gasteiger partial charge in [-0.2, -0.15) is 0 Å². The van der Waals surface area contributed by atoms with Crippen LogP contribution in [0.2, 0.25) is 0 Å². The lowest BCUT2D eigenvalue weighted by Gasteiger charge is -2.14. The van der Waals surface area contributed by atoms with Crippen molar-refractivity contribution in [1.82, 2.24) is 5.32 Å². The standard InChI is InChI=1S/C17H21NO3.ClH/c1-12(10-13-2-5-15(19)6-3-13)18-9-8-14-4-7-16(20)17(21)11-14;/h2-7,11-12,18-21H,8-10H2,1H3;1H. The molecular weight excluding hydrogens is 302 g/mol. The number of nitrogens with one attached hydrogen (secondary N) is 1. The molecule has 0 aliphatic rings. The first kappa shape index (κ1) is 18.1. The van der Waals surface area contributed by atoms with Crippen molar-refractivity contribution in [3.05, 3.63) is 53.6 Å². The van der Waals surface area contributed by atoms with Crippen LogP contribution < -0.4 is 5.32 Å². The number of hydrogen-bond acceptors (Lipinski definition) is 4. The average molecular weight is 324 g/mol. The summed E-state index contributed by atoms with van der Waals surface area (Å²) >= 11 is 0. The van der Waals surface area contributed by atoms with E-state index in [1.165, 1.54) is 11.6 Å². The lowest BCUT2D eigenvalue weighted by molar-refractivity contribution is 0.403. The van der Waals surface area contributed by atoms with E-state index in [2.05, 4.69) is 12.2 Å². The van der Waals surface area contributed by atoms with Gasteiger partial charge in [-0.25, -0.2) is 0 Å². The highest BCUT2D eigenvalue weighted by Crippen LogP contribution is 2.24. The monoisotopic (exact) mass is 323 g/mol. The van der Waals surface area contributed by atoms with Crippen molar-refractivity contribution in [2.45, 2.75) is 25.8 Å². The summed E-state index contributed by atoms with van der Waals surface area (Å²) in [6.07, 6.45) is 1.68. The summed E-state index contributed by atoms with van der Waals surface area (Å²) in [5.41, 5.74) is 2.16. The molecule has 0 amide bonds. The van der Waals surface area contributed by atoms with Gasteiger partial charge in [0, 0.05) is 6.04 Å². The zero-order chi connectivity index (χ0) is 15.2. The van der Waals surface area contributed by atoms with E-state index >= 15 is 0 Å². The molecule has 0 heterocycles. The minimum atomic E-state index is -0.0904. The molecule has 120 valence electrons. The molecular formula is C17H22ClNO3. The maximum atomic E-state index is 9.44. The Balaban J connectivity index is 0.00000242. The average Bonchev–Trinajstić information content (AvgIpc) is 2.45. The van der Waals surface area contributed by atoms with Crippen LogP contribution in [0.5, 0.6) is 17.2 Å². The van der Waals surface area contributed by atoms with Gasteiger partial charge in [-0.3, -0.25) is 0 Å². The van der Waals surface area contributed by atoms with Crippen molar-refractivity contribution in [3.8, 4) is 17.2 Å². The predicted octanol–water partition coefficient (Wildman–Crippen LogP) is 2.99. The van der Waals surface area contributed by atoms with Gasteiger partial charge in [-0.1, -0.05) is 18.2 Å². The first-order chi connectivity index (χ1) is 10.0. The minimum Gasteiger partial charge on any atom is -0.508 e. The molecule has 2 rings (SSSR count). The van der Waals surface area contributed by atoms with Crippen LogP contribution in [0, 0.1) is 0 Å². The summed E-state index contributed by atoms with van der Waals surface area (Å²) in [6, 6.07) is 12.5. The Morgan fingerprint density at radius 1 is 0.909 bits per heavy atom. The summed E-state index contributed by atoms with van der Waals surface area (Å²) in [7, 11) is 0. The number of phenolic OH excluding ortho intramolecular Hbond substituents is 3. The van der Waals surface area contributed by atoms with Crippen LogP contribution in [-0.4, -0.2) is 27.9 Å². The van der Waals surface area contributed by atoms with Crippen LogP contribution in [0.3, 0.4) is 0 Å². The third-order valence-electron chi connectivity index (χ3n) is 3.42. The Hall–Kier alpha value is -1.91. The van der Waals surface area contributed by atoms with E-state index in [0.717, 1.165) is 24.9 Å². The number of aromatic hydroxyl groups is 3. The van der Waals surface area contributed by atoms with Crippen molar-refractivity contribution in [2.24, 2.45) is 0 Å². The Morgan fingerprint density at radius 3 is 2.18 bits per heavy atom. The minimum absolute atomic E-state index is 0. The Morgan fingerprint density at radius 2 is 1.55 bits per heavy atom. The Labute approximate surface area is 136 Å². The van der Waals surface area contributed by atoms with Crippen molar-refractivity contribution in [3.63, 3.8) is 0 Å². The Bertz CT molecular complexity index is 587. The lowest BCUT2D eigenvalue weighted by Crippen LogP contribution is -2.29. The highest BCUT2D eigenvalue weighted by molar-refractivity contribution is 5.85. The van der Waals surface area contributed by atoms with E-state index < -0.39 is 0 Å². The van der Waals surface area contributed by atoms with Gasteiger partial charge in [-0.05, 0) is 61.7 Å². The van der Waals surface area contributed by atoms with Crippen LogP contribution in [0.25, 0.3) is 0 Å². The van der Waals surface area contributed by atoms with E-state index in [-0.39, 0.29) is 29.7 Å². The van der Waals surface area contributed by atoms with Gasteiger partial charge >= 0.3 is 0 Å². The van der Waals surface area contributed by atoms with Crippen LogP contribution >= 0.6 is 12.4 Å². The van der Waals surface area contributed by atoms with Crippen LogP contribution in [0.4, 0.5) is 0 Å². The van der Waals surface area contributed by atoms with Gasteiger partial charge in [0.05, 0.1) is 0 Å². The second-order valence-electron chi connectivity index (χ2n) is 5.30. The molecule has 4 N–H and O–H groups in total. The van der Waals surface area contributed by atoms with Crippen molar-refractivity contribution in [2.75, 3.05) is 6.54 Å². The predicted molar refractivity (Wildman–Crippen MR) is 90.0 cm³/mol. The second kappa shape index (κ2) is 8.51. The zero-order valence-corrected chi connectivity index (χ0v) is 13.3. The van der Waals surface area contributed by atoms with Crippen molar-refractivity contribution >= 4 is 12.4 Å². The molecule has 0 spiro atoms. The number of benzene rings is 2. The van der Waals surface area contributed by atoms with Gasteiger partial charge in [-0.15, -0.1) is 12.4 Å². The molecule has 1 unspecified atom stereocenters. The fraction of sp³-hybridized carbons (Fsp3) is 0.294. The van der Waals surface area contributed by atoms with E-state index in [9.17, 15) is 15.3 Å². The van der Waals surface area contributed by atoms with E-state index in [1.54, 1.807) is 24.3 Å². The smallest absolute Gasteiger partial charge is 0.157 e. The molecule has 2 aromatic carbocycles. The molecule has 0 fully saturated rings. The Kier molecular flexibility index (Phi) is 7.02. The first-order valence-electron chi connectivity index (χ1n) is 7.07. The first-order valence-corrected chi connectivity index (χ1v) is 7.07. The summed E-state index contributed by atoms with van der Waals surface area (Å²) in [6.45, 7) is 2.91. The molecule has 4 nitrogen and oxygen atoms in total. The molecule has 0 aliphatic carbocycles. The topological polar surface area (TPSA) is 72.7 Å². The quantitative estimate of drug-likeness (QED) is 0.617. The van der Waals surface area contributed by atoms with E-state index in [0.29, 0.717) is 6.04 Å². The highest BCUT2D eigenvalue weighted by Gasteiger charge is 2.04. The van der Waals surface area contributed by atoms with Gasteiger partial charge in [0.1, 0.15) is 5.75 Å². The molecule has 0 radical (unpaired) electrons. The van der Waals surface area contributed by atoms with Gasteiger partial charge in [0.2, 0.25) is 0 Å². The van der Waals surface area contributed by atoms with Crippen LogP contribution in [0.15, 0.2) is 42.5 Å². The molecule has 2 aromatic rings. The van der Waals surface area contributed by atoms with Crippen molar-refractivity contribution in [1.29, 1.82) is 0 Å². The molecule has 5 heteroatoms. The molecule has 0 aromatic heterocycles. The summed E-state index contributed by atoms with van der Waals surface area (Å²) in [5, 5.41) is 31.4. The fourth-order valence-electron chi connectivity index (χ4n) is 2.25. The molecule has 0 bridgehead atoms. The van der Waals surface area contributed by atoms with Gasteiger partial charge < -0.3 is 20.6 Å². The largest absolute Gasteiger partial charge is 0.508 e. The van der Waals surface area contributed by atoms with E-state index in [1.807, 2.05) is 12.1 Å². The molecule has 1 atom stereocenters. The lowest BCUT2D eigenvalue weighted by atomic mass is 10.1. The highest BCUT2D eigenvalue weighted by atomic mass is 35.5. The van der Waals surface area contributed by atoms with Gasteiger partial charge in [0.15, 0.2) is 11.5 Å². The third kappa shape index (κ3) is 5.47. The second-order valence-corrected chi connectivity index (χ2v) is 5.30. The molecule has 0 saturated heterocycles. The van der Waals surface area contributed by atoms with Crippen LogP contribution in [0.1, 0.15) is 18.1 Å². The number of hydrogen-bond donors (Lipinski definition) is 4. The number of phenols is 3. The normalized spacial score (nSPS) is 11.7. The fourth-order valence-corrected chi connectivity index (χ4v) is 2.25.